The second kappa shape index (κ2) is 12.9. The minimum Gasteiger partial charge on any atom is -0.497 e. The summed E-state index contributed by atoms with van der Waals surface area (Å²) in [4.78, 5) is 32.8. The van der Waals surface area contributed by atoms with Gasteiger partial charge in [-0.1, -0.05) is 18.2 Å². The van der Waals surface area contributed by atoms with Crippen molar-refractivity contribution in [2.24, 2.45) is 5.92 Å². The van der Waals surface area contributed by atoms with E-state index < -0.39 is 17.6 Å². The molecule has 2 aromatic rings. The molecule has 0 aromatic heterocycles. The fraction of sp³-hybridized carbons (Fsp3) is 0.400. The standard InChI is InChI=1S/C15H18FNO3.C10H9F3O.H2/c1-20-14-7-11(6-12(16)8-14)15(19)17-13-4-2-10(9-18)3-5-13;11-10(12,13)9-5-1-3-8(7-9)4-2-6-14;/h6-10,13H,2-5H2,1H3,(H,17,19);1,3,5-7H,2,4H2;1H. The lowest BCUT2D eigenvalue weighted by Gasteiger charge is -2.26. The molecular weight excluding hydrogens is 454 g/mol. The number of aldehydes is 2. The van der Waals surface area contributed by atoms with Crippen LogP contribution >= 0.6 is 0 Å². The minimum absolute atomic E-state index is 0. The molecule has 9 heteroatoms. The Balaban J connectivity index is 0.000000362. The highest BCUT2D eigenvalue weighted by atomic mass is 19.4. The molecule has 0 spiro atoms. The Hall–Kier alpha value is -3.23. The van der Waals surface area contributed by atoms with Crippen molar-refractivity contribution in [3.8, 4) is 5.75 Å². The molecule has 1 aliphatic rings. The number of nitrogens with one attached hydrogen (secondary N) is 1. The van der Waals surface area contributed by atoms with Crippen LogP contribution in [0.3, 0.4) is 0 Å². The van der Waals surface area contributed by atoms with Gasteiger partial charge >= 0.3 is 6.18 Å². The molecule has 5 nitrogen and oxygen atoms in total. The summed E-state index contributed by atoms with van der Waals surface area (Å²) in [5.41, 5.74) is 0.118. The number of methoxy groups -OCH3 is 1. The van der Waals surface area contributed by atoms with Crippen LogP contribution in [0.25, 0.3) is 0 Å². The zero-order chi connectivity index (χ0) is 25.1. The number of ether oxygens (including phenoxy) is 1. The number of alkyl halides is 3. The number of amides is 1. The van der Waals surface area contributed by atoms with Crippen LogP contribution in [0.4, 0.5) is 17.6 Å². The average molecular weight is 484 g/mol. The molecular formula is C25H29F4NO4. The van der Waals surface area contributed by atoms with E-state index in [1.165, 1.54) is 31.4 Å². The highest BCUT2D eigenvalue weighted by Crippen LogP contribution is 2.29. The third-order valence-electron chi connectivity index (χ3n) is 5.47. The Morgan fingerprint density at radius 2 is 1.82 bits per heavy atom. The zero-order valence-corrected chi connectivity index (χ0v) is 18.7. The van der Waals surface area contributed by atoms with Gasteiger partial charge in [0.2, 0.25) is 0 Å². The number of aryl methyl sites for hydroxylation is 1. The Morgan fingerprint density at radius 1 is 1.12 bits per heavy atom. The van der Waals surface area contributed by atoms with Crippen molar-refractivity contribution in [1.82, 2.24) is 5.32 Å². The van der Waals surface area contributed by atoms with Crippen LogP contribution in [0.15, 0.2) is 42.5 Å². The van der Waals surface area contributed by atoms with E-state index in [2.05, 4.69) is 5.32 Å². The molecule has 186 valence electrons. The van der Waals surface area contributed by atoms with Gasteiger partial charge in [0.15, 0.2) is 0 Å². The van der Waals surface area contributed by atoms with Crippen molar-refractivity contribution < 1.29 is 38.1 Å². The first-order chi connectivity index (χ1) is 16.2. The molecule has 1 aliphatic carbocycles. The summed E-state index contributed by atoms with van der Waals surface area (Å²) in [7, 11) is 1.43. The summed E-state index contributed by atoms with van der Waals surface area (Å²) in [5, 5.41) is 2.88. The summed E-state index contributed by atoms with van der Waals surface area (Å²) in [6.07, 6.45) is 1.12. The molecule has 0 heterocycles. The highest BCUT2D eigenvalue weighted by Gasteiger charge is 2.30. The van der Waals surface area contributed by atoms with Crippen molar-refractivity contribution in [2.45, 2.75) is 50.7 Å². The number of hydrogen-bond acceptors (Lipinski definition) is 4. The topological polar surface area (TPSA) is 72.5 Å². The van der Waals surface area contributed by atoms with Crippen LogP contribution in [-0.4, -0.2) is 31.6 Å². The maximum atomic E-state index is 13.4. The summed E-state index contributed by atoms with van der Waals surface area (Å²) >= 11 is 0. The Morgan fingerprint density at radius 3 is 2.41 bits per heavy atom. The highest BCUT2D eigenvalue weighted by molar-refractivity contribution is 5.94. The zero-order valence-electron chi connectivity index (χ0n) is 18.7. The lowest BCUT2D eigenvalue weighted by Crippen LogP contribution is -2.37. The minimum atomic E-state index is -4.31. The molecule has 0 saturated heterocycles. The van der Waals surface area contributed by atoms with Gasteiger partial charge in [-0.2, -0.15) is 13.2 Å². The van der Waals surface area contributed by atoms with Crippen molar-refractivity contribution >= 4 is 18.5 Å². The first kappa shape index (κ1) is 27.0. The molecule has 0 radical (unpaired) electrons. The summed E-state index contributed by atoms with van der Waals surface area (Å²) in [6, 6.07) is 9.00. The predicted molar refractivity (Wildman–Crippen MR) is 120 cm³/mol. The van der Waals surface area contributed by atoms with Gasteiger partial charge in [0, 0.05) is 31.4 Å². The SMILES string of the molecule is COc1cc(F)cc(C(=O)NC2CCC(C=O)CC2)c1.O=CCCc1cccc(C(F)(F)F)c1.[HH]. The molecule has 34 heavy (non-hydrogen) atoms. The van der Waals surface area contributed by atoms with Crippen LogP contribution in [-0.2, 0) is 22.2 Å². The van der Waals surface area contributed by atoms with Crippen molar-refractivity contribution in [3.63, 3.8) is 0 Å². The summed E-state index contributed by atoms with van der Waals surface area (Å²) < 4.78 is 55.0. The lowest BCUT2D eigenvalue weighted by molar-refractivity contribution is -0.137. The molecule has 0 bridgehead atoms. The van der Waals surface area contributed by atoms with Gasteiger partial charge < -0.3 is 19.6 Å². The normalized spacial score (nSPS) is 17.7. The van der Waals surface area contributed by atoms with Gasteiger partial charge in [-0.3, -0.25) is 4.79 Å². The second-order valence-electron chi connectivity index (χ2n) is 8.00. The third-order valence-corrected chi connectivity index (χ3v) is 5.47. The van der Waals surface area contributed by atoms with E-state index in [1.807, 2.05) is 0 Å². The van der Waals surface area contributed by atoms with Crippen molar-refractivity contribution in [1.29, 1.82) is 0 Å². The molecule has 1 fully saturated rings. The fourth-order valence-electron chi connectivity index (χ4n) is 3.61. The molecule has 1 amide bonds. The number of halogens is 4. The van der Waals surface area contributed by atoms with Crippen molar-refractivity contribution in [3.05, 3.63) is 65.0 Å². The van der Waals surface area contributed by atoms with Crippen molar-refractivity contribution in [2.75, 3.05) is 7.11 Å². The van der Waals surface area contributed by atoms with Crippen LogP contribution in [0.1, 0.15) is 55.0 Å². The molecule has 0 unspecified atom stereocenters. The van der Waals surface area contributed by atoms with E-state index in [0.717, 1.165) is 44.1 Å². The summed E-state index contributed by atoms with van der Waals surface area (Å²) in [6.45, 7) is 0. The number of rotatable bonds is 7. The van der Waals surface area contributed by atoms with Crippen LogP contribution in [0.2, 0.25) is 0 Å². The van der Waals surface area contributed by atoms with Gasteiger partial charge in [0.25, 0.3) is 5.91 Å². The van der Waals surface area contributed by atoms with Gasteiger partial charge in [-0.05, 0) is 55.9 Å². The lowest BCUT2D eigenvalue weighted by atomic mass is 9.87. The Labute approximate surface area is 197 Å². The largest absolute Gasteiger partial charge is 0.497 e. The van der Waals surface area contributed by atoms with E-state index in [0.29, 0.717) is 24.0 Å². The monoisotopic (exact) mass is 483 g/mol. The van der Waals surface area contributed by atoms with Gasteiger partial charge in [0.1, 0.15) is 24.1 Å². The van der Waals surface area contributed by atoms with E-state index in [9.17, 15) is 31.9 Å². The summed E-state index contributed by atoms with van der Waals surface area (Å²) in [5.74, 6) is -0.381. The maximum Gasteiger partial charge on any atom is 0.416 e. The fourth-order valence-corrected chi connectivity index (χ4v) is 3.61. The maximum absolute atomic E-state index is 13.4. The van der Waals surface area contributed by atoms with E-state index in [1.54, 1.807) is 6.07 Å². The smallest absolute Gasteiger partial charge is 0.416 e. The number of hydrogen-bond donors (Lipinski definition) is 1. The number of carbonyl (C=O) groups excluding carboxylic acids is 3. The Kier molecular flexibility index (Phi) is 10.2. The molecule has 1 saturated carbocycles. The molecule has 0 aliphatic heterocycles. The number of carbonyl (C=O) groups is 3. The van der Waals surface area contributed by atoms with Gasteiger partial charge in [-0.15, -0.1) is 0 Å². The van der Waals surface area contributed by atoms with Crippen LogP contribution < -0.4 is 10.1 Å². The first-order valence-corrected chi connectivity index (χ1v) is 10.9. The van der Waals surface area contributed by atoms with Crippen LogP contribution in [0.5, 0.6) is 5.75 Å². The van der Waals surface area contributed by atoms with E-state index in [-0.39, 0.29) is 31.3 Å². The average Bonchev–Trinajstić information content (AvgIpc) is 2.83. The van der Waals surface area contributed by atoms with Gasteiger partial charge in [0.05, 0.1) is 12.7 Å². The number of benzene rings is 2. The second-order valence-corrected chi connectivity index (χ2v) is 8.00. The molecule has 3 rings (SSSR count). The van der Waals surface area contributed by atoms with Gasteiger partial charge in [-0.25, -0.2) is 4.39 Å². The molecule has 0 atom stereocenters. The first-order valence-electron chi connectivity index (χ1n) is 10.9. The van der Waals surface area contributed by atoms with E-state index in [4.69, 9.17) is 4.74 Å². The Bertz CT molecular complexity index is 976. The third kappa shape index (κ3) is 8.61. The quantitative estimate of drug-likeness (QED) is 0.423. The molecule has 1 N–H and O–H groups in total. The van der Waals surface area contributed by atoms with Crippen LogP contribution in [0, 0.1) is 11.7 Å². The van der Waals surface area contributed by atoms with E-state index >= 15 is 0 Å². The molecule has 2 aromatic carbocycles. The predicted octanol–water partition coefficient (Wildman–Crippen LogP) is 5.40.